The Bertz CT molecular complexity index is 525. The maximum absolute atomic E-state index is 12.2. The second kappa shape index (κ2) is 4.40. The minimum absolute atomic E-state index is 0.0681. The van der Waals surface area contributed by atoms with Gasteiger partial charge in [-0.05, 0) is 43.7 Å². The molecule has 1 aromatic heterocycles. The summed E-state index contributed by atoms with van der Waals surface area (Å²) in [5.74, 6) is 0.0681. The summed E-state index contributed by atoms with van der Waals surface area (Å²) in [6, 6.07) is 7.00. The van der Waals surface area contributed by atoms with Crippen molar-refractivity contribution in [2.75, 3.05) is 0 Å². The molecular formula is C13H11ClOS. The first-order chi connectivity index (χ1) is 7.59. The largest absolute Gasteiger partial charge is 0.289 e. The average molecular weight is 251 g/mol. The van der Waals surface area contributed by atoms with E-state index >= 15 is 0 Å². The molecule has 0 bridgehead atoms. The first kappa shape index (κ1) is 11.4. The van der Waals surface area contributed by atoms with Gasteiger partial charge in [0.05, 0.1) is 0 Å². The molecule has 0 aliphatic rings. The lowest BCUT2D eigenvalue weighted by Crippen LogP contribution is -2.01. The fourth-order valence-corrected chi connectivity index (χ4v) is 2.49. The molecule has 0 amide bonds. The van der Waals surface area contributed by atoms with Gasteiger partial charge in [-0.15, -0.1) is 11.3 Å². The van der Waals surface area contributed by atoms with E-state index in [0.29, 0.717) is 10.6 Å². The molecule has 0 fully saturated rings. The number of aryl methyl sites for hydroxylation is 1. The number of hydrogen-bond donors (Lipinski definition) is 0. The smallest absolute Gasteiger partial charge is 0.194 e. The Balaban J connectivity index is 2.39. The summed E-state index contributed by atoms with van der Waals surface area (Å²) in [5.41, 5.74) is 2.56. The van der Waals surface area contributed by atoms with Gasteiger partial charge in [-0.25, -0.2) is 0 Å². The number of carbonyl (C=O) groups excluding carboxylic acids is 1. The molecule has 0 aliphatic heterocycles. The van der Waals surface area contributed by atoms with Crippen LogP contribution in [0.2, 0.25) is 5.02 Å². The SMILES string of the molecule is Cc1scc(C(=O)c2ccc(Cl)cc2)c1C. The van der Waals surface area contributed by atoms with E-state index in [0.717, 1.165) is 11.1 Å². The van der Waals surface area contributed by atoms with Crippen LogP contribution in [0.1, 0.15) is 26.4 Å². The first-order valence-electron chi connectivity index (χ1n) is 4.94. The van der Waals surface area contributed by atoms with Crippen molar-refractivity contribution in [1.82, 2.24) is 0 Å². The summed E-state index contributed by atoms with van der Waals surface area (Å²) in [4.78, 5) is 13.3. The van der Waals surface area contributed by atoms with Gasteiger partial charge in [0.15, 0.2) is 5.78 Å². The predicted octanol–water partition coefficient (Wildman–Crippen LogP) is 4.25. The van der Waals surface area contributed by atoms with Gasteiger partial charge >= 0.3 is 0 Å². The third kappa shape index (κ3) is 2.04. The maximum atomic E-state index is 12.2. The van der Waals surface area contributed by atoms with Crippen LogP contribution in [0.3, 0.4) is 0 Å². The predicted molar refractivity (Wildman–Crippen MR) is 68.7 cm³/mol. The van der Waals surface area contributed by atoms with Crippen LogP contribution in [0.4, 0.5) is 0 Å². The summed E-state index contributed by atoms with van der Waals surface area (Å²) in [6.45, 7) is 4.01. The lowest BCUT2D eigenvalue weighted by molar-refractivity contribution is 0.103. The normalized spacial score (nSPS) is 10.4. The Kier molecular flexibility index (Phi) is 3.13. The van der Waals surface area contributed by atoms with Crippen LogP contribution in [-0.4, -0.2) is 5.78 Å². The van der Waals surface area contributed by atoms with E-state index in [9.17, 15) is 4.79 Å². The van der Waals surface area contributed by atoms with Crippen molar-refractivity contribution in [1.29, 1.82) is 0 Å². The molecule has 0 atom stereocenters. The third-order valence-electron chi connectivity index (χ3n) is 2.64. The quantitative estimate of drug-likeness (QED) is 0.729. The number of halogens is 1. The van der Waals surface area contributed by atoms with Crippen LogP contribution < -0.4 is 0 Å². The van der Waals surface area contributed by atoms with E-state index in [4.69, 9.17) is 11.6 Å². The summed E-state index contributed by atoms with van der Waals surface area (Å²) < 4.78 is 0. The minimum Gasteiger partial charge on any atom is -0.289 e. The lowest BCUT2D eigenvalue weighted by atomic mass is 10.0. The molecule has 0 saturated carbocycles. The Hall–Kier alpha value is -1.12. The van der Waals surface area contributed by atoms with Crippen molar-refractivity contribution in [2.24, 2.45) is 0 Å². The van der Waals surface area contributed by atoms with Crippen molar-refractivity contribution in [3.8, 4) is 0 Å². The van der Waals surface area contributed by atoms with Gasteiger partial charge in [0.1, 0.15) is 0 Å². The zero-order valence-corrected chi connectivity index (χ0v) is 10.7. The van der Waals surface area contributed by atoms with E-state index in [1.54, 1.807) is 35.6 Å². The van der Waals surface area contributed by atoms with Crippen LogP contribution in [0.25, 0.3) is 0 Å². The van der Waals surface area contributed by atoms with Gasteiger partial charge in [-0.3, -0.25) is 4.79 Å². The van der Waals surface area contributed by atoms with Crippen molar-refractivity contribution in [3.63, 3.8) is 0 Å². The van der Waals surface area contributed by atoms with Gasteiger partial charge in [0, 0.05) is 26.4 Å². The Morgan fingerprint density at radius 2 is 1.81 bits per heavy atom. The topological polar surface area (TPSA) is 17.1 Å². The fourth-order valence-electron chi connectivity index (χ4n) is 1.49. The van der Waals surface area contributed by atoms with E-state index < -0.39 is 0 Å². The van der Waals surface area contributed by atoms with Gasteiger partial charge in [0.25, 0.3) is 0 Å². The summed E-state index contributed by atoms with van der Waals surface area (Å²) in [6.07, 6.45) is 0. The van der Waals surface area contributed by atoms with Gasteiger partial charge in [-0.1, -0.05) is 11.6 Å². The Morgan fingerprint density at radius 1 is 1.19 bits per heavy atom. The highest BCUT2D eigenvalue weighted by Crippen LogP contribution is 2.23. The van der Waals surface area contributed by atoms with Gasteiger partial charge in [0.2, 0.25) is 0 Å². The van der Waals surface area contributed by atoms with E-state index in [1.165, 1.54) is 4.88 Å². The van der Waals surface area contributed by atoms with Crippen LogP contribution in [0, 0.1) is 13.8 Å². The molecule has 0 N–H and O–H groups in total. The summed E-state index contributed by atoms with van der Waals surface area (Å²) in [5, 5.41) is 2.57. The van der Waals surface area contributed by atoms with Crippen LogP contribution >= 0.6 is 22.9 Å². The second-order valence-electron chi connectivity index (χ2n) is 3.67. The standard InChI is InChI=1S/C13H11ClOS/c1-8-9(2)16-7-12(8)13(15)10-3-5-11(14)6-4-10/h3-7H,1-2H3. The molecule has 1 aromatic carbocycles. The van der Waals surface area contributed by atoms with Crippen LogP contribution in [0.5, 0.6) is 0 Å². The summed E-state index contributed by atoms with van der Waals surface area (Å²) in [7, 11) is 0. The number of hydrogen-bond acceptors (Lipinski definition) is 2. The molecule has 0 radical (unpaired) electrons. The fraction of sp³-hybridized carbons (Fsp3) is 0.154. The lowest BCUT2D eigenvalue weighted by Gasteiger charge is -2.00. The van der Waals surface area contributed by atoms with Crippen molar-refractivity contribution in [3.05, 3.63) is 56.2 Å². The number of rotatable bonds is 2. The maximum Gasteiger partial charge on any atom is 0.194 e. The molecule has 3 heteroatoms. The molecule has 0 saturated heterocycles. The van der Waals surface area contributed by atoms with E-state index in [2.05, 4.69) is 0 Å². The summed E-state index contributed by atoms with van der Waals surface area (Å²) >= 11 is 7.40. The molecule has 1 heterocycles. The zero-order chi connectivity index (χ0) is 11.7. The monoisotopic (exact) mass is 250 g/mol. The zero-order valence-electron chi connectivity index (χ0n) is 9.08. The highest BCUT2D eigenvalue weighted by atomic mass is 35.5. The molecule has 2 rings (SSSR count). The molecular weight excluding hydrogens is 240 g/mol. The molecule has 16 heavy (non-hydrogen) atoms. The Labute approximate surface area is 104 Å². The molecule has 0 spiro atoms. The highest BCUT2D eigenvalue weighted by Gasteiger charge is 2.14. The molecule has 0 aliphatic carbocycles. The molecule has 0 unspecified atom stereocenters. The van der Waals surface area contributed by atoms with Crippen molar-refractivity contribution >= 4 is 28.7 Å². The average Bonchev–Trinajstić information content (AvgIpc) is 2.60. The number of ketones is 1. The minimum atomic E-state index is 0.0681. The van der Waals surface area contributed by atoms with Gasteiger partial charge < -0.3 is 0 Å². The highest BCUT2D eigenvalue weighted by molar-refractivity contribution is 7.10. The van der Waals surface area contributed by atoms with Crippen molar-refractivity contribution in [2.45, 2.75) is 13.8 Å². The first-order valence-corrected chi connectivity index (χ1v) is 6.20. The number of thiophene rings is 1. The second-order valence-corrected chi connectivity index (χ2v) is 5.19. The van der Waals surface area contributed by atoms with Gasteiger partial charge in [-0.2, -0.15) is 0 Å². The number of carbonyl (C=O) groups is 1. The Morgan fingerprint density at radius 3 is 2.31 bits per heavy atom. The molecule has 1 nitrogen and oxygen atoms in total. The van der Waals surface area contributed by atoms with Crippen LogP contribution in [0.15, 0.2) is 29.6 Å². The van der Waals surface area contributed by atoms with E-state index in [-0.39, 0.29) is 5.78 Å². The van der Waals surface area contributed by atoms with E-state index in [1.807, 2.05) is 19.2 Å². The van der Waals surface area contributed by atoms with Crippen molar-refractivity contribution < 1.29 is 4.79 Å². The number of benzene rings is 1. The van der Waals surface area contributed by atoms with Crippen LogP contribution in [-0.2, 0) is 0 Å². The molecule has 2 aromatic rings. The third-order valence-corrected chi connectivity index (χ3v) is 3.90. The molecule has 82 valence electrons.